The van der Waals surface area contributed by atoms with Crippen molar-refractivity contribution in [2.75, 3.05) is 23.7 Å². The monoisotopic (exact) mass is 569 g/mol. The van der Waals surface area contributed by atoms with E-state index in [0.29, 0.717) is 23.2 Å². The number of aromatic nitrogens is 2. The van der Waals surface area contributed by atoms with Crippen molar-refractivity contribution in [3.05, 3.63) is 66.5 Å². The van der Waals surface area contributed by atoms with Crippen molar-refractivity contribution in [2.45, 2.75) is 69.4 Å². The first-order chi connectivity index (χ1) is 18.5. The topological polar surface area (TPSA) is 100 Å². The summed E-state index contributed by atoms with van der Waals surface area (Å²) >= 11 is 3.04. The fourth-order valence-corrected chi connectivity index (χ4v) is 5.59. The third-order valence-corrected chi connectivity index (χ3v) is 8.51. The van der Waals surface area contributed by atoms with Gasteiger partial charge in [0.2, 0.25) is 17.7 Å². The number of hydrogen-bond donors (Lipinski definition) is 2. The van der Waals surface area contributed by atoms with Crippen LogP contribution in [0.5, 0.6) is 0 Å². The van der Waals surface area contributed by atoms with Gasteiger partial charge in [-0.1, -0.05) is 64.7 Å². The van der Waals surface area contributed by atoms with E-state index in [0.717, 1.165) is 34.3 Å². The van der Waals surface area contributed by atoms with Crippen LogP contribution in [-0.2, 0) is 20.8 Å². The lowest BCUT2D eigenvalue weighted by Gasteiger charge is -2.29. The molecule has 0 aliphatic heterocycles. The van der Waals surface area contributed by atoms with Gasteiger partial charge in [0.15, 0.2) is 5.13 Å². The Morgan fingerprint density at radius 1 is 1.21 bits per heavy atom. The number of oxazole rings is 1. The van der Waals surface area contributed by atoms with Gasteiger partial charge in [-0.3, -0.25) is 14.5 Å². The minimum absolute atomic E-state index is 0.0405. The van der Waals surface area contributed by atoms with Crippen LogP contribution < -0.4 is 10.6 Å². The second-order valence-electron chi connectivity index (χ2n) is 10.4. The summed E-state index contributed by atoms with van der Waals surface area (Å²) in [6.07, 6.45) is 5.53. The summed E-state index contributed by atoms with van der Waals surface area (Å²) in [5, 5.41) is 6.37. The number of benzene rings is 1. The molecule has 2 aromatic heterocycles. The van der Waals surface area contributed by atoms with Crippen LogP contribution >= 0.6 is 23.1 Å². The summed E-state index contributed by atoms with van der Waals surface area (Å²) in [6.45, 7) is 17.6. The molecule has 0 saturated heterocycles. The molecule has 1 aromatic carbocycles. The van der Waals surface area contributed by atoms with E-state index < -0.39 is 0 Å². The minimum atomic E-state index is -0.234. The lowest BCUT2D eigenvalue weighted by atomic mass is 9.94. The molecule has 3 aromatic rings. The Bertz CT molecular complexity index is 1260. The average molecular weight is 570 g/mol. The number of nitrogens with one attached hydrogen (secondary N) is 2. The molecule has 10 heteroatoms. The Balaban J connectivity index is 1.49. The molecule has 2 atom stereocenters. The van der Waals surface area contributed by atoms with E-state index in [9.17, 15) is 9.59 Å². The van der Waals surface area contributed by atoms with Crippen molar-refractivity contribution < 1.29 is 14.0 Å². The van der Waals surface area contributed by atoms with Gasteiger partial charge in [-0.2, -0.15) is 0 Å². The molecule has 2 N–H and O–H groups in total. The first-order valence-corrected chi connectivity index (χ1v) is 14.9. The molecule has 0 aliphatic carbocycles. The maximum absolute atomic E-state index is 12.9. The van der Waals surface area contributed by atoms with Crippen LogP contribution in [0.25, 0.3) is 0 Å². The standard InChI is InChI=1S/C29H39N5O3S2/c1-8-24(35)32-22-12-10-11-21(15-22)20(4)34(9-2)14-13-19(3)27(36)33-28-31-17-26(39-28)38-18-25-30-16-23(37-25)29(5,6)7/h8,10-12,15-17,19-20H,1,9,13-14,18H2,2-7H3,(H,32,35)(H,31,33,36). The molecular weight excluding hydrogens is 530 g/mol. The van der Waals surface area contributed by atoms with Gasteiger partial charge in [0.05, 0.1) is 22.4 Å². The normalized spacial score (nSPS) is 13.2. The van der Waals surface area contributed by atoms with Crippen LogP contribution in [-0.4, -0.2) is 39.8 Å². The number of thioether (sulfide) groups is 1. The number of carbonyl (C=O) groups is 2. The van der Waals surface area contributed by atoms with Crippen molar-refractivity contribution >= 4 is 45.7 Å². The summed E-state index contributed by atoms with van der Waals surface area (Å²) in [5.74, 6) is 1.71. The molecule has 0 aliphatic rings. The quantitative estimate of drug-likeness (QED) is 0.171. The van der Waals surface area contributed by atoms with Crippen molar-refractivity contribution in [2.24, 2.45) is 5.92 Å². The van der Waals surface area contributed by atoms with E-state index in [1.165, 1.54) is 17.4 Å². The van der Waals surface area contributed by atoms with Crippen molar-refractivity contribution in [1.29, 1.82) is 0 Å². The van der Waals surface area contributed by atoms with Crippen LogP contribution in [0.4, 0.5) is 10.8 Å². The molecule has 0 spiro atoms. The van der Waals surface area contributed by atoms with Gasteiger partial charge >= 0.3 is 0 Å². The van der Waals surface area contributed by atoms with E-state index in [-0.39, 0.29) is 29.2 Å². The van der Waals surface area contributed by atoms with E-state index in [1.807, 2.05) is 25.1 Å². The number of amides is 2. The molecule has 8 nitrogen and oxygen atoms in total. The van der Waals surface area contributed by atoms with Gasteiger partial charge in [-0.15, -0.1) is 11.8 Å². The zero-order valence-corrected chi connectivity index (χ0v) is 25.2. The SMILES string of the molecule is C=CC(=O)Nc1cccc(C(C)N(CC)CCC(C)C(=O)Nc2ncc(SCc3ncc(C(C)(C)C)o3)s2)c1. The molecular formula is C29H39N5O3S2. The third kappa shape index (κ3) is 9.05. The Labute approximate surface area is 239 Å². The highest BCUT2D eigenvalue weighted by Crippen LogP contribution is 2.32. The largest absolute Gasteiger partial charge is 0.444 e. The van der Waals surface area contributed by atoms with Gasteiger partial charge < -0.3 is 15.1 Å². The summed E-state index contributed by atoms with van der Waals surface area (Å²) < 4.78 is 6.85. The van der Waals surface area contributed by atoms with Crippen molar-refractivity contribution in [3.8, 4) is 0 Å². The van der Waals surface area contributed by atoms with Gasteiger partial charge in [0.1, 0.15) is 5.76 Å². The van der Waals surface area contributed by atoms with Gasteiger partial charge in [0, 0.05) is 23.1 Å². The van der Waals surface area contributed by atoms with Crippen LogP contribution in [0.15, 0.2) is 57.9 Å². The highest BCUT2D eigenvalue weighted by molar-refractivity contribution is 8.00. The highest BCUT2D eigenvalue weighted by Gasteiger charge is 2.21. The Kier molecular flexibility index (Phi) is 10.9. The number of hydrogen-bond acceptors (Lipinski definition) is 8. The van der Waals surface area contributed by atoms with E-state index in [2.05, 4.69) is 72.8 Å². The molecule has 2 amide bonds. The highest BCUT2D eigenvalue weighted by atomic mass is 32.2. The second-order valence-corrected chi connectivity index (χ2v) is 12.7. The predicted molar refractivity (Wildman–Crippen MR) is 160 cm³/mol. The second kappa shape index (κ2) is 13.9. The first kappa shape index (κ1) is 30.6. The summed E-state index contributed by atoms with van der Waals surface area (Å²) in [6, 6.07) is 7.96. The summed E-state index contributed by atoms with van der Waals surface area (Å²) in [4.78, 5) is 35.6. The molecule has 210 valence electrons. The van der Waals surface area contributed by atoms with Gasteiger partial charge in [0.25, 0.3) is 0 Å². The van der Waals surface area contributed by atoms with Crippen LogP contribution in [0, 0.1) is 5.92 Å². The van der Waals surface area contributed by atoms with E-state index in [1.54, 1.807) is 24.2 Å². The fraction of sp³-hybridized carbons (Fsp3) is 0.448. The van der Waals surface area contributed by atoms with Gasteiger partial charge in [-0.25, -0.2) is 9.97 Å². The number of anilines is 2. The first-order valence-electron chi connectivity index (χ1n) is 13.1. The zero-order valence-electron chi connectivity index (χ0n) is 23.6. The lowest BCUT2D eigenvalue weighted by Crippen LogP contribution is -2.31. The number of thiazole rings is 1. The predicted octanol–water partition coefficient (Wildman–Crippen LogP) is 6.89. The van der Waals surface area contributed by atoms with Crippen molar-refractivity contribution in [3.63, 3.8) is 0 Å². The van der Waals surface area contributed by atoms with Crippen LogP contribution in [0.2, 0.25) is 0 Å². The fourth-order valence-electron chi connectivity index (χ4n) is 3.87. The van der Waals surface area contributed by atoms with Gasteiger partial charge in [-0.05, 0) is 50.2 Å². The Morgan fingerprint density at radius 3 is 2.64 bits per heavy atom. The number of carbonyl (C=O) groups excluding carboxylic acids is 2. The van der Waals surface area contributed by atoms with Crippen LogP contribution in [0.3, 0.4) is 0 Å². The zero-order chi connectivity index (χ0) is 28.6. The minimum Gasteiger partial charge on any atom is -0.444 e. The number of nitrogens with zero attached hydrogens (tertiary/aromatic N) is 3. The molecule has 39 heavy (non-hydrogen) atoms. The van der Waals surface area contributed by atoms with Crippen molar-refractivity contribution in [1.82, 2.24) is 14.9 Å². The molecule has 3 rings (SSSR count). The van der Waals surface area contributed by atoms with Crippen LogP contribution in [0.1, 0.15) is 71.2 Å². The molecule has 0 saturated carbocycles. The Hall–Kier alpha value is -2.95. The molecule has 0 bridgehead atoms. The summed E-state index contributed by atoms with van der Waals surface area (Å²) in [5.41, 5.74) is 1.77. The number of rotatable bonds is 13. The Morgan fingerprint density at radius 2 is 1.97 bits per heavy atom. The maximum Gasteiger partial charge on any atom is 0.247 e. The molecule has 0 fully saturated rings. The lowest BCUT2D eigenvalue weighted by molar-refractivity contribution is -0.119. The molecule has 0 radical (unpaired) electrons. The van der Waals surface area contributed by atoms with E-state index in [4.69, 9.17) is 4.42 Å². The summed E-state index contributed by atoms with van der Waals surface area (Å²) in [7, 11) is 0. The maximum atomic E-state index is 12.9. The van der Waals surface area contributed by atoms with E-state index >= 15 is 0 Å². The smallest absolute Gasteiger partial charge is 0.247 e. The molecule has 2 heterocycles. The molecule has 2 unspecified atom stereocenters. The average Bonchev–Trinajstić information content (AvgIpc) is 3.57. The third-order valence-electron chi connectivity index (χ3n) is 6.42.